The fourth-order valence-electron chi connectivity index (χ4n) is 1.56. The number of nitrogens with one attached hydrogen (secondary N) is 1. The smallest absolute Gasteiger partial charge is 0.00461 e. The summed E-state index contributed by atoms with van der Waals surface area (Å²) in [5.41, 5.74) is 0. The number of hydrogen-bond donors (Lipinski definition) is 1. The average Bonchev–Trinajstić information content (AvgIpc) is 2.05. The van der Waals surface area contributed by atoms with Crippen LogP contribution in [-0.2, 0) is 0 Å². The van der Waals surface area contributed by atoms with E-state index in [1.165, 1.54) is 25.9 Å². The van der Waals surface area contributed by atoms with Gasteiger partial charge in [-0.2, -0.15) is 0 Å². The van der Waals surface area contributed by atoms with E-state index in [2.05, 4.69) is 24.9 Å². The van der Waals surface area contributed by atoms with Crippen LogP contribution in [0.5, 0.6) is 0 Å². The lowest BCUT2D eigenvalue weighted by Gasteiger charge is -2.25. The molecule has 0 spiro atoms. The minimum Gasteiger partial charge on any atom is -0.317 e. The van der Waals surface area contributed by atoms with E-state index in [1.54, 1.807) is 0 Å². The number of rotatable bonds is 2. The van der Waals surface area contributed by atoms with Gasteiger partial charge in [0.25, 0.3) is 0 Å². The second-order valence-corrected chi connectivity index (χ2v) is 3.18. The van der Waals surface area contributed by atoms with Gasteiger partial charge >= 0.3 is 0 Å². The molecule has 0 bridgehead atoms. The number of allylic oxidation sites excluding steroid dienone is 1. The fraction of sp³-hybridized carbons (Fsp3) is 0.778. The van der Waals surface area contributed by atoms with Crippen LogP contribution >= 0.6 is 0 Å². The molecule has 1 rings (SSSR count). The van der Waals surface area contributed by atoms with E-state index in [-0.39, 0.29) is 0 Å². The lowest BCUT2D eigenvalue weighted by Crippen LogP contribution is -2.30. The Morgan fingerprint density at radius 2 is 2.10 bits per heavy atom. The molecule has 0 amide bonds. The molecule has 0 aromatic carbocycles. The second kappa shape index (κ2) is 3.77. The van der Waals surface area contributed by atoms with E-state index in [0.29, 0.717) is 5.92 Å². The highest BCUT2D eigenvalue weighted by Crippen LogP contribution is 2.21. The van der Waals surface area contributed by atoms with Crippen LogP contribution in [-0.4, -0.2) is 13.1 Å². The second-order valence-electron chi connectivity index (χ2n) is 3.18. The zero-order chi connectivity index (χ0) is 7.40. The van der Waals surface area contributed by atoms with Crippen molar-refractivity contribution in [2.24, 2.45) is 11.8 Å². The summed E-state index contributed by atoms with van der Waals surface area (Å²) in [4.78, 5) is 0. The minimum absolute atomic E-state index is 0.710. The first-order chi connectivity index (χ1) is 4.84. The van der Waals surface area contributed by atoms with Crippen molar-refractivity contribution < 1.29 is 0 Å². The van der Waals surface area contributed by atoms with Gasteiger partial charge in [0.15, 0.2) is 0 Å². The average molecular weight is 139 g/mol. The largest absolute Gasteiger partial charge is 0.317 e. The predicted molar refractivity (Wildman–Crippen MR) is 45.0 cm³/mol. The lowest BCUT2D eigenvalue weighted by molar-refractivity contribution is 0.314. The summed E-state index contributed by atoms with van der Waals surface area (Å²) in [6.45, 7) is 8.48. The Morgan fingerprint density at radius 1 is 1.50 bits per heavy atom. The maximum absolute atomic E-state index is 3.82. The topological polar surface area (TPSA) is 12.0 Å². The van der Waals surface area contributed by atoms with Gasteiger partial charge in [-0.05, 0) is 37.8 Å². The summed E-state index contributed by atoms with van der Waals surface area (Å²) in [5.74, 6) is 1.60. The van der Waals surface area contributed by atoms with Gasteiger partial charge in [0, 0.05) is 0 Å². The Bertz CT molecular complexity index is 103. The molecule has 0 aromatic rings. The molecule has 0 aromatic heterocycles. The van der Waals surface area contributed by atoms with Crippen LogP contribution in [0.3, 0.4) is 0 Å². The molecule has 1 aliphatic rings. The molecule has 1 nitrogen and oxygen atoms in total. The quantitative estimate of drug-likeness (QED) is 0.575. The molecule has 1 N–H and O–H groups in total. The maximum Gasteiger partial charge on any atom is -0.00461 e. The Kier molecular flexibility index (Phi) is 2.94. The van der Waals surface area contributed by atoms with Crippen LogP contribution in [0.25, 0.3) is 0 Å². The van der Waals surface area contributed by atoms with Crippen molar-refractivity contribution in [3.05, 3.63) is 12.7 Å². The highest BCUT2D eigenvalue weighted by Gasteiger charge is 2.16. The van der Waals surface area contributed by atoms with Crippen molar-refractivity contribution in [2.45, 2.75) is 19.8 Å². The normalized spacial score (nSPS) is 24.1. The summed E-state index contributed by atoms with van der Waals surface area (Å²) < 4.78 is 0. The molecule has 0 saturated carbocycles. The SMILES string of the molecule is C=CC(C)C1CCNCC1. The summed E-state index contributed by atoms with van der Waals surface area (Å²) in [6.07, 6.45) is 4.73. The molecule has 1 unspecified atom stereocenters. The van der Waals surface area contributed by atoms with Crippen molar-refractivity contribution >= 4 is 0 Å². The van der Waals surface area contributed by atoms with Gasteiger partial charge in [-0.15, -0.1) is 6.58 Å². The van der Waals surface area contributed by atoms with Gasteiger partial charge in [0.2, 0.25) is 0 Å². The van der Waals surface area contributed by atoms with Crippen LogP contribution in [0.2, 0.25) is 0 Å². The third-order valence-electron chi connectivity index (χ3n) is 2.50. The van der Waals surface area contributed by atoms with Gasteiger partial charge < -0.3 is 5.32 Å². The monoisotopic (exact) mass is 139 g/mol. The van der Waals surface area contributed by atoms with Crippen molar-refractivity contribution in [3.8, 4) is 0 Å². The molecular weight excluding hydrogens is 122 g/mol. The van der Waals surface area contributed by atoms with Crippen LogP contribution in [0.1, 0.15) is 19.8 Å². The minimum atomic E-state index is 0.710. The van der Waals surface area contributed by atoms with Gasteiger partial charge in [0.05, 0.1) is 0 Å². The van der Waals surface area contributed by atoms with Crippen LogP contribution in [0, 0.1) is 11.8 Å². The van der Waals surface area contributed by atoms with Crippen molar-refractivity contribution in [1.29, 1.82) is 0 Å². The molecule has 0 radical (unpaired) electrons. The van der Waals surface area contributed by atoms with E-state index in [0.717, 1.165) is 5.92 Å². The van der Waals surface area contributed by atoms with Gasteiger partial charge in [-0.1, -0.05) is 13.0 Å². The Balaban J connectivity index is 2.30. The molecule has 1 atom stereocenters. The highest BCUT2D eigenvalue weighted by molar-refractivity contribution is 4.83. The van der Waals surface area contributed by atoms with Crippen molar-refractivity contribution in [1.82, 2.24) is 5.32 Å². The zero-order valence-electron chi connectivity index (χ0n) is 6.77. The Labute approximate surface area is 63.5 Å². The van der Waals surface area contributed by atoms with Crippen LogP contribution in [0.4, 0.5) is 0 Å². The van der Waals surface area contributed by atoms with E-state index >= 15 is 0 Å². The molecule has 1 saturated heterocycles. The van der Waals surface area contributed by atoms with Crippen molar-refractivity contribution in [3.63, 3.8) is 0 Å². The zero-order valence-corrected chi connectivity index (χ0v) is 6.77. The highest BCUT2D eigenvalue weighted by atomic mass is 14.9. The molecule has 0 aliphatic carbocycles. The first-order valence-electron chi connectivity index (χ1n) is 4.18. The summed E-state index contributed by atoms with van der Waals surface area (Å²) in [6, 6.07) is 0. The van der Waals surface area contributed by atoms with Crippen molar-refractivity contribution in [2.75, 3.05) is 13.1 Å². The Hall–Kier alpha value is -0.300. The number of hydrogen-bond acceptors (Lipinski definition) is 1. The van der Waals surface area contributed by atoms with Crippen LogP contribution < -0.4 is 5.32 Å². The molecule has 1 fully saturated rings. The van der Waals surface area contributed by atoms with Crippen LogP contribution in [0.15, 0.2) is 12.7 Å². The van der Waals surface area contributed by atoms with E-state index < -0.39 is 0 Å². The fourth-order valence-corrected chi connectivity index (χ4v) is 1.56. The van der Waals surface area contributed by atoms with Gasteiger partial charge in [-0.25, -0.2) is 0 Å². The molecule has 10 heavy (non-hydrogen) atoms. The molecule has 1 aliphatic heterocycles. The molecule has 58 valence electrons. The van der Waals surface area contributed by atoms with E-state index in [9.17, 15) is 0 Å². The molecular formula is C9H17N. The summed E-state index contributed by atoms with van der Waals surface area (Å²) in [7, 11) is 0. The maximum atomic E-state index is 3.82. The summed E-state index contributed by atoms with van der Waals surface area (Å²) in [5, 5.41) is 3.36. The first-order valence-corrected chi connectivity index (χ1v) is 4.18. The lowest BCUT2D eigenvalue weighted by atomic mass is 9.86. The van der Waals surface area contributed by atoms with E-state index in [4.69, 9.17) is 0 Å². The molecule has 1 heterocycles. The van der Waals surface area contributed by atoms with Gasteiger partial charge in [0.1, 0.15) is 0 Å². The first kappa shape index (κ1) is 7.80. The van der Waals surface area contributed by atoms with E-state index in [1.807, 2.05) is 0 Å². The molecule has 1 heteroatoms. The van der Waals surface area contributed by atoms with Gasteiger partial charge in [-0.3, -0.25) is 0 Å². The third kappa shape index (κ3) is 1.84. The Morgan fingerprint density at radius 3 is 2.60 bits per heavy atom. The number of piperidine rings is 1. The predicted octanol–water partition coefficient (Wildman–Crippen LogP) is 1.81. The summed E-state index contributed by atoms with van der Waals surface area (Å²) >= 11 is 0. The standard InChI is InChI=1S/C9H17N/c1-3-8(2)9-4-6-10-7-5-9/h3,8-10H,1,4-7H2,2H3. The third-order valence-corrected chi connectivity index (χ3v) is 2.50.